The second-order valence-corrected chi connectivity index (χ2v) is 7.60. The van der Waals surface area contributed by atoms with Crippen molar-refractivity contribution in [3.8, 4) is 0 Å². The summed E-state index contributed by atoms with van der Waals surface area (Å²) in [5.74, 6) is 0.941. The van der Waals surface area contributed by atoms with Crippen LogP contribution in [0.2, 0.25) is 0 Å². The van der Waals surface area contributed by atoms with Gasteiger partial charge in [-0.2, -0.15) is 0 Å². The monoisotopic (exact) mass is 371 g/mol. The molecule has 2 heterocycles. The highest BCUT2D eigenvalue weighted by Crippen LogP contribution is 2.16. The minimum atomic E-state index is 0.698. The van der Waals surface area contributed by atoms with E-state index in [0.717, 1.165) is 36.1 Å². The van der Waals surface area contributed by atoms with Gasteiger partial charge in [-0.05, 0) is 100 Å². The Labute approximate surface area is 162 Å². The largest absolute Gasteiger partial charge is 0.467 e. The molecule has 1 aliphatic rings. The van der Waals surface area contributed by atoms with Gasteiger partial charge in [0.1, 0.15) is 5.76 Å². The zero-order valence-electron chi connectivity index (χ0n) is 15.8. The lowest BCUT2D eigenvalue weighted by atomic mass is 10.1. The second kappa shape index (κ2) is 9.19. The number of nitrogens with one attached hydrogen (secondary N) is 1. The highest BCUT2D eigenvalue weighted by molar-refractivity contribution is 7.80. The summed E-state index contributed by atoms with van der Waals surface area (Å²) < 4.78 is 5.54. The van der Waals surface area contributed by atoms with Gasteiger partial charge in [0.2, 0.25) is 0 Å². The number of likely N-dealkylation sites (tertiary alicyclic amines) is 1. The van der Waals surface area contributed by atoms with E-state index in [2.05, 4.69) is 47.2 Å². The summed E-state index contributed by atoms with van der Waals surface area (Å²) in [7, 11) is 0. The minimum Gasteiger partial charge on any atom is -0.467 e. The molecule has 0 bridgehead atoms. The average molecular weight is 372 g/mol. The SMILES string of the molecule is Cc1cc(C)cc(NC(=S)N(CCCN2CCCC2)Cc2ccco2)c1. The Morgan fingerprint density at radius 1 is 1.19 bits per heavy atom. The predicted molar refractivity (Wildman–Crippen MR) is 112 cm³/mol. The molecule has 0 atom stereocenters. The predicted octanol–water partition coefficient (Wildman–Crippen LogP) is 4.58. The molecule has 1 aromatic carbocycles. The molecule has 3 rings (SSSR count). The Hall–Kier alpha value is -1.85. The smallest absolute Gasteiger partial charge is 0.173 e. The molecular formula is C21H29N3OS. The van der Waals surface area contributed by atoms with Crippen molar-refractivity contribution in [2.24, 2.45) is 0 Å². The molecule has 2 aromatic rings. The Balaban J connectivity index is 1.61. The Kier molecular flexibility index (Phi) is 6.69. The van der Waals surface area contributed by atoms with E-state index in [0.29, 0.717) is 6.54 Å². The van der Waals surface area contributed by atoms with Crippen LogP contribution in [0.15, 0.2) is 41.0 Å². The van der Waals surface area contributed by atoms with E-state index in [1.165, 1.54) is 37.1 Å². The number of aryl methyl sites for hydroxylation is 2. The van der Waals surface area contributed by atoms with Crippen LogP contribution in [-0.2, 0) is 6.54 Å². The van der Waals surface area contributed by atoms with Crippen LogP contribution in [0.5, 0.6) is 0 Å². The molecule has 1 fully saturated rings. The number of hydrogen-bond acceptors (Lipinski definition) is 3. The molecule has 0 unspecified atom stereocenters. The molecule has 1 aromatic heterocycles. The third-order valence-corrected chi connectivity index (χ3v) is 5.15. The van der Waals surface area contributed by atoms with E-state index in [4.69, 9.17) is 16.6 Å². The molecule has 1 aliphatic heterocycles. The highest BCUT2D eigenvalue weighted by Gasteiger charge is 2.15. The first-order valence-corrected chi connectivity index (χ1v) is 9.90. The molecule has 0 amide bonds. The van der Waals surface area contributed by atoms with Gasteiger partial charge in [0.15, 0.2) is 5.11 Å². The van der Waals surface area contributed by atoms with E-state index in [1.54, 1.807) is 6.26 Å². The Morgan fingerprint density at radius 2 is 1.92 bits per heavy atom. The van der Waals surface area contributed by atoms with Gasteiger partial charge in [0.25, 0.3) is 0 Å². The van der Waals surface area contributed by atoms with Gasteiger partial charge in [0.05, 0.1) is 12.8 Å². The molecule has 4 nitrogen and oxygen atoms in total. The summed E-state index contributed by atoms with van der Waals surface area (Å²) in [5.41, 5.74) is 3.53. The molecule has 5 heteroatoms. The van der Waals surface area contributed by atoms with Gasteiger partial charge < -0.3 is 19.5 Å². The number of nitrogens with zero attached hydrogens (tertiary/aromatic N) is 2. The van der Waals surface area contributed by atoms with Crippen LogP contribution >= 0.6 is 12.2 Å². The molecule has 1 saturated heterocycles. The maximum atomic E-state index is 5.72. The fourth-order valence-corrected chi connectivity index (χ4v) is 3.86. The highest BCUT2D eigenvalue weighted by atomic mass is 32.1. The van der Waals surface area contributed by atoms with Crippen molar-refractivity contribution in [3.63, 3.8) is 0 Å². The molecule has 26 heavy (non-hydrogen) atoms. The van der Waals surface area contributed by atoms with Gasteiger partial charge in [0, 0.05) is 12.2 Å². The number of hydrogen-bond donors (Lipinski definition) is 1. The first-order chi connectivity index (χ1) is 12.6. The van der Waals surface area contributed by atoms with Crippen molar-refractivity contribution >= 4 is 23.0 Å². The molecule has 0 aliphatic carbocycles. The normalized spacial score (nSPS) is 14.5. The Bertz CT molecular complexity index is 688. The van der Waals surface area contributed by atoms with Crippen molar-refractivity contribution in [1.29, 1.82) is 0 Å². The lowest BCUT2D eigenvalue weighted by Crippen LogP contribution is -2.36. The van der Waals surface area contributed by atoms with Gasteiger partial charge in [-0.3, -0.25) is 0 Å². The quantitative estimate of drug-likeness (QED) is 0.720. The zero-order chi connectivity index (χ0) is 18.4. The number of benzene rings is 1. The van der Waals surface area contributed by atoms with Crippen LogP contribution in [0.3, 0.4) is 0 Å². The van der Waals surface area contributed by atoms with Crippen molar-refractivity contribution in [2.75, 3.05) is 31.5 Å². The Morgan fingerprint density at radius 3 is 2.58 bits per heavy atom. The van der Waals surface area contributed by atoms with Crippen LogP contribution in [0.4, 0.5) is 5.69 Å². The topological polar surface area (TPSA) is 31.6 Å². The summed E-state index contributed by atoms with van der Waals surface area (Å²) >= 11 is 5.72. The molecular weight excluding hydrogens is 342 g/mol. The first-order valence-electron chi connectivity index (χ1n) is 9.49. The van der Waals surface area contributed by atoms with E-state index in [9.17, 15) is 0 Å². The van der Waals surface area contributed by atoms with Crippen molar-refractivity contribution in [1.82, 2.24) is 9.80 Å². The number of rotatable bonds is 7. The van der Waals surface area contributed by atoms with Crippen LogP contribution in [0.1, 0.15) is 36.1 Å². The van der Waals surface area contributed by atoms with Crippen LogP contribution < -0.4 is 5.32 Å². The summed E-state index contributed by atoms with van der Waals surface area (Å²) in [4.78, 5) is 4.76. The van der Waals surface area contributed by atoms with E-state index in [-0.39, 0.29) is 0 Å². The molecule has 1 N–H and O–H groups in total. The fourth-order valence-electron chi connectivity index (χ4n) is 3.58. The number of anilines is 1. The first kappa shape index (κ1) is 18.9. The third kappa shape index (κ3) is 5.58. The molecule has 140 valence electrons. The maximum absolute atomic E-state index is 5.72. The van der Waals surface area contributed by atoms with Gasteiger partial charge in [-0.15, -0.1) is 0 Å². The molecule has 0 saturated carbocycles. The average Bonchev–Trinajstić information content (AvgIpc) is 3.26. The summed E-state index contributed by atoms with van der Waals surface area (Å²) in [6.07, 6.45) is 5.50. The van der Waals surface area contributed by atoms with E-state index in [1.807, 2.05) is 12.1 Å². The van der Waals surface area contributed by atoms with E-state index >= 15 is 0 Å². The van der Waals surface area contributed by atoms with Crippen molar-refractivity contribution in [3.05, 3.63) is 53.5 Å². The van der Waals surface area contributed by atoms with Gasteiger partial charge >= 0.3 is 0 Å². The van der Waals surface area contributed by atoms with E-state index < -0.39 is 0 Å². The summed E-state index contributed by atoms with van der Waals surface area (Å²) in [5, 5.41) is 4.17. The van der Waals surface area contributed by atoms with Crippen LogP contribution in [0, 0.1) is 13.8 Å². The van der Waals surface area contributed by atoms with Crippen molar-refractivity contribution < 1.29 is 4.42 Å². The van der Waals surface area contributed by atoms with Crippen LogP contribution in [-0.4, -0.2) is 41.1 Å². The van der Waals surface area contributed by atoms with Crippen molar-refractivity contribution in [2.45, 2.75) is 39.7 Å². The maximum Gasteiger partial charge on any atom is 0.173 e. The third-order valence-electron chi connectivity index (χ3n) is 4.79. The second-order valence-electron chi connectivity index (χ2n) is 7.21. The standard InChI is InChI=1S/C21H29N3OS/c1-17-13-18(2)15-19(14-17)22-21(26)24(16-20-7-5-12-25-20)11-6-10-23-8-3-4-9-23/h5,7,12-15H,3-4,6,8-11,16H2,1-2H3,(H,22,26). The van der Waals surface area contributed by atoms with Crippen LogP contribution in [0.25, 0.3) is 0 Å². The lowest BCUT2D eigenvalue weighted by Gasteiger charge is -2.26. The number of thiocarbonyl (C=S) groups is 1. The zero-order valence-corrected chi connectivity index (χ0v) is 16.6. The number of furan rings is 1. The molecule has 0 radical (unpaired) electrons. The fraction of sp³-hybridized carbons (Fsp3) is 0.476. The summed E-state index contributed by atoms with van der Waals surface area (Å²) in [6.45, 7) is 9.46. The lowest BCUT2D eigenvalue weighted by molar-refractivity contribution is 0.298. The van der Waals surface area contributed by atoms with Gasteiger partial charge in [-0.1, -0.05) is 6.07 Å². The summed E-state index contributed by atoms with van der Waals surface area (Å²) in [6, 6.07) is 10.4. The minimum absolute atomic E-state index is 0.698. The molecule has 0 spiro atoms. The van der Waals surface area contributed by atoms with Gasteiger partial charge in [-0.25, -0.2) is 0 Å².